The van der Waals surface area contributed by atoms with Crippen LogP contribution in [0.25, 0.3) is 10.3 Å². The second-order valence-corrected chi connectivity index (χ2v) is 4.44. The zero-order valence-electron chi connectivity index (χ0n) is 9.56. The van der Waals surface area contributed by atoms with E-state index in [0.717, 1.165) is 25.2 Å². The Morgan fingerprint density at radius 2 is 2.31 bits per heavy atom. The average Bonchev–Trinajstić information content (AvgIpc) is 2.75. The van der Waals surface area contributed by atoms with Gasteiger partial charge in [-0.15, -0.1) is 11.3 Å². The smallest absolute Gasteiger partial charge is 0.192 e. The maximum absolute atomic E-state index is 5.47. The number of nitrogens with one attached hydrogen (secondary N) is 1. The van der Waals surface area contributed by atoms with Crippen LogP contribution < -0.4 is 5.32 Å². The van der Waals surface area contributed by atoms with Crippen molar-refractivity contribution in [2.75, 3.05) is 20.7 Å². The summed E-state index contributed by atoms with van der Waals surface area (Å²) in [5.74, 6) is 0. The highest BCUT2D eigenvalue weighted by Gasteiger charge is 2.15. The Labute approximate surface area is 98.4 Å². The van der Waals surface area contributed by atoms with E-state index in [-0.39, 0.29) is 0 Å². The number of aromatic nitrogens is 3. The van der Waals surface area contributed by atoms with E-state index in [1.54, 1.807) is 11.3 Å². The van der Waals surface area contributed by atoms with Crippen LogP contribution in [0, 0.1) is 0 Å². The van der Waals surface area contributed by atoms with Crippen LogP contribution in [0.1, 0.15) is 12.1 Å². The van der Waals surface area contributed by atoms with Crippen LogP contribution in [-0.4, -0.2) is 35.5 Å². The fourth-order valence-corrected chi connectivity index (χ4v) is 2.37. The van der Waals surface area contributed by atoms with Crippen LogP contribution in [0.2, 0.25) is 0 Å². The Balaban J connectivity index is 0.000000292. The fourth-order valence-electron chi connectivity index (χ4n) is 1.61. The number of fused-ring (bicyclic) bond motifs is 3. The molecule has 6 heteroatoms. The van der Waals surface area contributed by atoms with Crippen LogP contribution in [-0.2, 0) is 17.9 Å². The topological polar surface area (TPSA) is 52.0 Å². The number of nitrogens with zero attached hydrogens (tertiary/aromatic N) is 3. The number of hydrogen-bond donors (Lipinski definition) is 1. The molecule has 16 heavy (non-hydrogen) atoms. The van der Waals surface area contributed by atoms with Crippen LogP contribution >= 0.6 is 11.3 Å². The molecule has 88 valence electrons. The standard InChI is InChI=1S/C8H9N3OS.C2H7N/c1-2-11-6(4-12-3-1)7-8(10-11)9-5-13-7;1-3-2/h5H,1-4H2;3H,1-2H3. The number of ether oxygens (including phenoxy) is 1. The van der Waals surface area contributed by atoms with Gasteiger partial charge in [-0.1, -0.05) is 0 Å². The first-order valence-electron chi connectivity index (χ1n) is 5.32. The lowest BCUT2D eigenvalue weighted by molar-refractivity contribution is 0.125. The summed E-state index contributed by atoms with van der Waals surface area (Å²) >= 11 is 1.64. The first-order valence-corrected chi connectivity index (χ1v) is 6.20. The minimum atomic E-state index is 0.679. The molecule has 0 spiro atoms. The predicted molar refractivity (Wildman–Crippen MR) is 64.7 cm³/mol. The van der Waals surface area contributed by atoms with Crippen molar-refractivity contribution in [3.63, 3.8) is 0 Å². The molecule has 0 aliphatic carbocycles. The molecule has 2 aromatic heterocycles. The third kappa shape index (κ3) is 2.23. The van der Waals surface area contributed by atoms with Crippen molar-refractivity contribution >= 4 is 21.7 Å². The van der Waals surface area contributed by atoms with E-state index in [4.69, 9.17) is 4.74 Å². The van der Waals surface area contributed by atoms with Crippen molar-refractivity contribution in [2.24, 2.45) is 0 Å². The Morgan fingerprint density at radius 1 is 1.50 bits per heavy atom. The Morgan fingerprint density at radius 3 is 3.12 bits per heavy atom. The molecule has 0 aromatic carbocycles. The van der Waals surface area contributed by atoms with Crippen molar-refractivity contribution in [3.8, 4) is 0 Å². The van der Waals surface area contributed by atoms with Crippen LogP contribution in [0.15, 0.2) is 5.51 Å². The molecular weight excluding hydrogens is 224 g/mol. The molecule has 1 N–H and O–H groups in total. The Bertz CT molecular complexity index is 451. The zero-order chi connectivity index (χ0) is 11.4. The van der Waals surface area contributed by atoms with Gasteiger partial charge < -0.3 is 10.1 Å². The van der Waals surface area contributed by atoms with Crippen molar-refractivity contribution < 1.29 is 4.74 Å². The van der Waals surface area contributed by atoms with E-state index >= 15 is 0 Å². The van der Waals surface area contributed by atoms with Gasteiger partial charge >= 0.3 is 0 Å². The van der Waals surface area contributed by atoms with Crippen LogP contribution in [0.3, 0.4) is 0 Å². The highest BCUT2D eigenvalue weighted by molar-refractivity contribution is 7.16. The molecule has 0 saturated heterocycles. The van der Waals surface area contributed by atoms with E-state index in [0.29, 0.717) is 6.61 Å². The van der Waals surface area contributed by atoms with Crippen molar-refractivity contribution in [2.45, 2.75) is 19.6 Å². The minimum absolute atomic E-state index is 0.679. The van der Waals surface area contributed by atoms with Crippen molar-refractivity contribution in [3.05, 3.63) is 11.2 Å². The van der Waals surface area contributed by atoms with Gasteiger partial charge in [0.1, 0.15) is 0 Å². The summed E-state index contributed by atoms with van der Waals surface area (Å²) < 4.78 is 8.69. The SMILES string of the molecule is CNC.c1nc2nn3c(c2s1)COCCC3. The number of aryl methyl sites for hydroxylation is 1. The lowest BCUT2D eigenvalue weighted by Gasteiger charge is -1.98. The molecule has 0 bridgehead atoms. The van der Waals surface area contributed by atoms with Gasteiger partial charge in [0, 0.05) is 13.2 Å². The van der Waals surface area contributed by atoms with Gasteiger partial charge in [-0.25, -0.2) is 4.98 Å². The molecular formula is C10H16N4OS. The largest absolute Gasteiger partial charge is 0.375 e. The monoisotopic (exact) mass is 240 g/mol. The summed E-state index contributed by atoms with van der Waals surface area (Å²) in [6.45, 7) is 2.47. The normalized spacial score (nSPS) is 15.1. The van der Waals surface area contributed by atoms with Gasteiger partial charge in [-0.05, 0) is 20.5 Å². The first kappa shape index (κ1) is 11.5. The maximum Gasteiger partial charge on any atom is 0.192 e. The average molecular weight is 240 g/mol. The molecule has 1 aliphatic rings. The summed E-state index contributed by atoms with van der Waals surface area (Å²) in [6.07, 6.45) is 1.04. The predicted octanol–water partition coefficient (Wildman–Crippen LogP) is 1.25. The zero-order valence-corrected chi connectivity index (χ0v) is 10.4. The van der Waals surface area contributed by atoms with E-state index in [1.807, 2.05) is 24.3 Å². The lowest BCUT2D eigenvalue weighted by atomic mass is 10.4. The number of rotatable bonds is 0. The highest BCUT2D eigenvalue weighted by Crippen LogP contribution is 2.24. The van der Waals surface area contributed by atoms with Gasteiger partial charge in [0.05, 0.1) is 22.5 Å². The summed E-state index contributed by atoms with van der Waals surface area (Å²) in [6, 6.07) is 0. The summed E-state index contributed by atoms with van der Waals surface area (Å²) in [7, 11) is 3.75. The van der Waals surface area contributed by atoms with Gasteiger partial charge in [-0.2, -0.15) is 5.10 Å². The third-order valence-electron chi connectivity index (χ3n) is 2.24. The van der Waals surface area contributed by atoms with Crippen molar-refractivity contribution in [1.82, 2.24) is 20.1 Å². The summed E-state index contributed by atoms with van der Waals surface area (Å²) in [4.78, 5) is 4.19. The lowest BCUT2D eigenvalue weighted by Crippen LogP contribution is -2.01. The molecule has 3 rings (SSSR count). The van der Waals surface area contributed by atoms with E-state index < -0.39 is 0 Å². The molecule has 5 nitrogen and oxygen atoms in total. The molecule has 0 saturated carbocycles. The van der Waals surface area contributed by atoms with E-state index in [2.05, 4.69) is 15.4 Å². The molecule has 1 aliphatic heterocycles. The minimum Gasteiger partial charge on any atom is -0.375 e. The quantitative estimate of drug-likeness (QED) is 0.753. The Hall–Kier alpha value is -0.980. The van der Waals surface area contributed by atoms with E-state index in [1.165, 1.54) is 10.4 Å². The fraction of sp³-hybridized carbons (Fsp3) is 0.600. The molecule has 0 fully saturated rings. The van der Waals surface area contributed by atoms with Gasteiger partial charge in [0.25, 0.3) is 0 Å². The van der Waals surface area contributed by atoms with Crippen LogP contribution in [0.5, 0.6) is 0 Å². The van der Waals surface area contributed by atoms with Crippen molar-refractivity contribution in [1.29, 1.82) is 0 Å². The second kappa shape index (κ2) is 5.38. The summed E-state index contributed by atoms with van der Waals surface area (Å²) in [5.41, 5.74) is 3.89. The van der Waals surface area contributed by atoms with E-state index in [9.17, 15) is 0 Å². The number of hydrogen-bond acceptors (Lipinski definition) is 5. The van der Waals surface area contributed by atoms with Gasteiger partial charge in [0.15, 0.2) is 5.65 Å². The molecule has 0 radical (unpaired) electrons. The van der Waals surface area contributed by atoms with Gasteiger partial charge in [-0.3, -0.25) is 4.68 Å². The number of thiazole rings is 1. The molecule has 2 aromatic rings. The molecule has 3 heterocycles. The third-order valence-corrected chi connectivity index (χ3v) is 3.10. The molecule has 0 atom stereocenters. The first-order chi connectivity index (χ1) is 7.86. The molecule has 0 unspecified atom stereocenters. The second-order valence-electron chi connectivity index (χ2n) is 3.58. The highest BCUT2D eigenvalue weighted by atomic mass is 32.1. The Kier molecular flexibility index (Phi) is 3.87. The summed E-state index contributed by atoms with van der Waals surface area (Å²) in [5, 5.41) is 7.16. The molecule has 0 amide bonds. The maximum atomic E-state index is 5.47. The van der Waals surface area contributed by atoms with Crippen LogP contribution in [0.4, 0.5) is 0 Å². The van der Waals surface area contributed by atoms with Gasteiger partial charge in [0.2, 0.25) is 0 Å².